The lowest BCUT2D eigenvalue weighted by molar-refractivity contribution is 0.553. The SMILES string of the molecule is CC(C)Cc1cc(Cl)c(F)c(Cl)c1F. The second-order valence-corrected chi connectivity index (χ2v) is 4.34. The van der Waals surface area contributed by atoms with Gasteiger partial charge in [0.15, 0.2) is 5.82 Å². The van der Waals surface area contributed by atoms with E-state index in [1.807, 2.05) is 13.8 Å². The Morgan fingerprint density at radius 1 is 1.21 bits per heavy atom. The van der Waals surface area contributed by atoms with Gasteiger partial charge in [-0.1, -0.05) is 37.0 Å². The fourth-order valence-electron chi connectivity index (χ4n) is 1.21. The van der Waals surface area contributed by atoms with Crippen LogP contribution < -0.4 is 0 Å². The second kappa shape index (κ2) is 4.45. The van der Waals surface area contributed by atoms with Gasteiger partial charge in [-0.15, -0.1) is 0 Å². The van der Waals surface area contributed by atoms with E-state index in [1.54, 1.807) is 0 Å². The minimum absolute atomic E-state index is 0.132. The van der Waals surface area contributed by atoms with E-state index in [4.69, 9.17) is 23.2 Å². The summed E-state index contributed by atoms with van der Waals surface area (Å²) >= 11 is 11.0. The summed E-state index contributed by atoms with van der Waals surface area (Å²) in [6.45, 7) is 3.87. The molecule has 0 aliphatic carbocycles. The molecule has 0 amide bonds. The molecule has 0 N–H and O–H groups in total. The van der Waals surface area contributed by atoms with E-state index in [9.17, 15) is 8.78 Å². The average molecular weight is 239 g/mol. The van der Waals surface area contributed by atoms with E-state index in [0.717, 1.165) is 0 Å². The first-order valence-electron chi connectivity index (χ1n) is 4.25. The van der Waals surface area contributed by atoms with Crippen molar-refractivity contribution in [2.45, 2.75) is 20.3 Å². The van der Waals surface area contributed by atoms with Gasteiger partial charge in [0, 0.05) is 0 Å². The van der Waals surface area contributed by atoms with Crippen molar-refractivity contribution in [3.63, 3.8) is 0 Å². The Labute approximate surface area is 91.8 Å². The highest BCUT2D eigenvalue weighted by Crippen LogP contribution is 2.29. The van der Waals surface area contributed by atoms with Gasteiger partial charge in [-0.3, -0.25) is 0 Å². The molecule has 4 heteroatoms. The van der Waals surface area contributed by atoms with E-state index in [-0.39, 0.29) is 10.9 Å². The summed E-state index contributed by atoms with van der Waals surface area (Å²) in [7, 11) is 0. The quantitative estimate of drug-likeness (QED) is 0.527. The molecule has 14 heavy (non-hydrogen) atoms. The molecule has 0 spiro atoms. The molecule has 78 valence electrons. The van der Waals surface area contributed by atoms with Gasteiger partial charge in [-0.2, -0.15) is 0 Å². The van der Waals surface area contributed by atoms with Crippen molar-refractivity contribution in [2.75, 3.05) is 0 Å². The van der Waals surface area contributed by atoms with Crippen molar-refractivity contribution in [1.29, 1.82) is 0 Å². The summed E-state index contributed by atoms with van der Waals surface area (Å²) in [6.07, 6.45) is 0.492. The molecule has 0 atom stereocenters. The zero-order valence-electron chi connectivity index (χ0n) is 7.87. The lowest BCUT2D eigenvalue weighted by Gasteiger charge is -2.09. The van der Waals surface area contributed by atoms with Crippen LogP contribution in [-0.4, -0.2) is 0 Å². The molecule has 0 saturated carbocycles. The monoisotopic (exact) mass is 238 g/mol. The van der Waals surface area contributed by atoms with E-state index in [1.165, 1.54) is 6.07 Å². The van der Waals surface area contributed by atoms with Crippen LogP contribution in [0.1, 0.15) is 19.4 Å². The summed E-state index contributed by atoms with van der Waals surface area (Å²) < 4.78 is 26.4. The Hall–Kier alpha value is -0.340. The highest BCUT2D eigenvalue weighted by molar-refractivity contribution is 6.35. The lowest BCUT2D eigenvalue weighted by atomic mass is 10.0. The maximum absolute atomic E-state index is 13.4. The molecule has 0 unspecified atom stereocenters. The predicted octanol–water partition coefficient (Wildman–Crippen LogP) is 4.47. The molecule has 0 radical (unpaired) electrons. The van der Waals surface area contributed by atoms with Gasteiger partial charge in [-0.25, -0.2) is 8.78 Å². The standard InChI is InChI=1S/C10H10Cl2F2/c1-5(2)3-6-4-7(11)10(14)8(12)9(6)13/h4-5H,3H2,1-2H3. The number of hydrogen-bond donors (Lipinski definition) is 0. The highest BCUT2D eigenvalue weighted by Gasteiger charge is 2.16. The third-order valence-corrected chi connectivity index (χ3v) is 2.41. The third kappa shape index (κ3) is 2.37. The zero-order valence-corrected chi connectivity index (χ0v) is 9.39. The third-order valence-electron chi connectivity index (χ3n) is 1.81. The first-order valence-corrected chi connectivity index (χ1v) is 5.01. The van der Waals surface area contributed by atoms with Crippen LogP contribution in [-0.2, 0) is 6.42 Å². The Balaban J connectivity index is 3.19. The smallest absolute Gasteiger partial charge is 0.163 e. The van der Waals surface area contributed by atoms with Crippen LogP contribution in [0.5, 0.6) is 0 Å². The van der Waals surface area contributed by atoms with Gasteiger partial charge < -0.3 is 0 Å². The average Bonchev–Trinajstić information content (AvgIpc) is 2.10. The van der Waals surface area contributed by atoms with E-state index >= 15 is 0 Å². The van der Waals surface area contributed by atoms with Crippen molar-refractivity contribution in [3.8, 4) is 0 Å². The molecule has 0 bridgehead atoms. The van der Waals surface area contributed by atoms with Crippen LogP contribution >= 0.6 is 23.2 Å². The van der Waals surface area contributed by atoms with Crippen molar-refractivity contribution in [3.05, 3.63) is 33.3 Å². The minimum Gasteiger partial charge on any atom is -0.205 e. The maximum Gasteiger partial charge on any atom is 0.163 e. The molecule has 0 aliphatic heterocycles. The molecule has 0 saturated heterocycles. The summed E-state index contributed by atoms with van der Waals surface area (Å²) in [5.74, 6) is -1.33. The van der Waals surface area contributed by atoms with Gasteiger partial charge in [0.1, 0.15) is 10.8 Å². The van der Waals surface area contributed by atoms with Crippen LogP contribution in [0.3, 0.4) is 0 Å². The van der Waals surface area contributed by atoms with Gasteiger partial charge in [0.25, 0.3) is 0 Å². The molecular weight excluding hydrogens is 229 g/mol. The Morgan fingerprint density at radius 2 is 1.79 bits per heavy atom. The summed E-state index contributed by atoms with van der Waals surface area (Å²) in [5.41, 5.74) is 0.358. The normalized spacial score (nSPS) is 11.1. The van der Waals surface area contributed by atoms with Crippen LogP contribution in [0.15, 0.2) is 6.07 Å². The topological polar surface area (TPSA) is 0 Å². The second-order valence-electron chi connectivity index (χ2n) is 3.56. The predicted molar refractivity (Wildman–Crippen MR) is 54.9 cm³/mol. The van der Waals surface area contributed by atoms with Gasteiger partial charge in [0.05, 0.1) is 5.02 Å². The fourth-order valence-corrected chi connectivity index (χ4v) is 1.71. The molecule has 0 fully saturated rings. The van der Waals surface area contributed by atoms with Crippen LogP contribution in [0.2, 0.25) is 10.0 Å². The van der Waals surface area contributed by atoms with Crippen molar-refractivity contribution in [2.24, 2.45) is 5.92 Å². The summed E-state index contributed by atoms with van der Waals surface area (Å²) in [6, 6.07) is 1.29. The Bertz CT molecular complexity index is 348. The van der Waals surface area contributed by atoms with Crippen molar-refractivity contribution < 1.29 is 8.78 Å². The Kier molecular flexibility index (Phi) is 3.73. The van der Waals surface area contributed by atoms with Crippen LogP contribution in [0, 0.1) is 17.6 Å². The Morgan fingerprint density at radius 3 is 2.29 bits per heavy atom. The summed E-state index contributed by atoms with van der Waals surface area (Å²) in [4.78, 5) is 0. The number of halogens is 4. The van der Waals surface area contributed by atoms with E-state index < -0.39 is 16.7 Å². The van der Waals surface area contributed by atoms with Crippen molar-refractivity contribution in [1.82, 2.24) is 0 Å². The fraction of sp³-hybridized carbons (Fsp3) is 0.400. The first-order chi connectivity index (χ1) is 6.43. The molecule has 1 rings (SSSR count). The number of rotatable bonds is 2. The maximum atomic E-state index is 13.4. The number of benzene rings is 1. The molecule has 0 heterocycles. The number of hydrogen-bond acceptors (Lipinski definition) is 0. The zero-order chi connectivity index (χ0) is 10.9. The largest absolute Gasteiger partial charge is 0.205 e. The molecule has 0 nitrogen and oxygen atoms in total. The lowest BCUT2D eigenvalue weighted by Crippen LogP contribution is -2.00. The van der Waals surface area contributed by atoms with Gasteiger partial charge in [-0.05, 0) is 24.0 Å². The van der Waals surface area contributed by atoms with E-state index in [2.05, 4.69) is 0 Å². The molecule has 1 aromatic carbocycles. The molecule has 0 aromatic heterocycles. The highest BCUT2D eigenvalue weighted by atomic mass is 35.5. The molecular formula is C10H10Cl2F2. The van der Waals surface area contributed by atoms with Crippen LogP contribution in [0.25, 0.3) is 0 Å². The molecule has 1 aromatic rings. The van der Waals surface area contributed by atoms with Crippen LogP contribution in [0.4, 0.5) is 8.78 Å². The van der Waals surface area contributed by atoms with Crippen molar-refractivity contribution >= 4 is 23.2 Å². The van der Waals surface area contributed by atoms with Gasteiger partial charge in [0.2, 0.25) is 0 Å². The molecule has 0 aliphatic rings. The first kappa shape index (κ1) is 11.7. The van der Waals surface area contributed by atoms with E-state index in [0.29, 0.717) is 12.0 Å². The minimum atomic E-state index is -0.890. The summed E-state index contributed by atoms with van der Waals surface area (Å²) in [5, 5.41) is -0.653. The van der Waals surface area contributed by atoms with Gasteiger partial charge >= 0.3 is 0 Å².